The number of nitrogens with zero attached hydrogens (tertiary/aromatic N) is 4. The molecule has 1 saturated carbocycles. The highest BCUT2D eigenvalue weighted by Crippen LogP contribution is 2.24. The Morgan fingerprint density at radius 1 is 1.30 bits per heavy atom. The van der Waals surface area contributed by atoms with Crippen LogP contribution in [-0.2, 0) is 11.8 Å². The molecule has 3 rings (SSSR count). The highest BCUT2D eigenvalue weighted by molar-refractivity contribution is 7.99. The molecule has 2 atom stereocenters. The molecule has 1 aliphatic carbocycles. The molecule has 2 heterocycles. The summed E-state index contributed by atoms with van der Waals surface area (Å²) in [6.45, 7) is 2.13. The van der Waals surface area contributed by atoms with Crippen LogP contribution in [0.2, 0.25) is 0 Å². The Morgan fingerprint density at radius 2 is 2.11 bits per heavy atom. The number of hydrogen-bond donors (Lipinski definition) is 2. The number of hydrogen-bond acceptors (Lipinski definition) is 6. The van der Waals surface area contributed by atoms with E-state index in [1.54, 1.807) is 17.0 Å². The molecule has 0 spiro atoms. The van der Waals surface area contributed by atoms with E-state index in [2.05, 4.69) is 32.7 Å². The zero-order chi connectivity index (χ0) is 19.2. The standard InChI is InChI=1S/C18H24N6O2S/c1-12-6-3-4-8-14(12)20-17(26)21-15(25)11-27-18-23-22-16(24(18)2)13-7-5-9-19-10-13/h5,7,9-10,12,14H,3-4,6,8,11H2,1-2H3,(H2,20,21,25,26)/t12-,14-/m0/s1. The highest BCUT2D eigenvalue weighted by atomic mass is 32.2. The molecule has 0 saturated heterocycles. The Morgan fingerprint density at radius 3 is 2.85 bits per heavy atom. The van der Waals surface area contributed by atoms with E-state index >= 15 is 0 Å². The summed E-state index contributed by atoms with van der Waals surface area (Å²) in [7, 11) is 1.83. The largest absolute Gasteiger partial charge is 0.335 e. The zero-order valence-corrected chi connectivity index (χ0v) is 16.3. The average Bonchev–Trinajstić information content (AvgIpc) is 3.03. The van der Waals surface area contributed by atoms with Gasteiger partial charge in [-0.05, 0) is 30.9 Å². The zero-order valence-electron chi connectivity index (χ0n) is 15.5. The number of rotatable bonds is 5. The second kappa shape index (κ2) is 8.98. The molecule has 1 aliphatic rings. The van der Waals surface area contributed by atoms with Crippen molar-refractivity contribution in [2.75, 3.05) is 5.75 Å². The van der Waals surface area contributed by atoms with Gasteiger partial charge in [0.05, 0.1) is 5.75 Å². The summed E-state index contributed by atoms with van der Waals surface area (Å²) in [4.78, 5) is 28.2. The van der Waals surface area contributed by atoms with Gasteiger partial charge in [0.1, 0.15) is 0 Å². The van der Waals surface area contributed by atoms with Crippen molar-refractivity contribution < 1.29 is 9.59 Å². The maximum atomic E-state index is 12.1. The molecule has 2 N–H and O–H groups in total. The Balaban J connectivity index is 1.49. The number of thioether (sulfide) groups is 1. The molecule has 2 aromatic heterocycles. The molecule has 144 valence electrons. The highest BCUT2D eigenvalue weighted by Gasteiger charge is 2.23. The van der Waals surface area contributed by atoms with Crippen LogP contribution >= 0.6 is 11.8 Å². The first-order valence-corrected chi connectivity index (χ1v) is 10.1. The topological polar surface area (TPSA) is 102 Å². The lowest BCUT2D eigenvalue weighted by molar-refractivity contribution is -0.117. The lowest BCUT2D eigenvalue weighted by atomic mass is 9.86. The molecule has 2 aromatic rings. The summed E-state index contributed by atoms with van der Waals surface area (Å²) in [5, 5.41) is 14.2. The molecule has 3 amide bonds. The normalized spacial score (nSPS) is 19.5. The number of urea groups is 1. The SMILES string of the molecule is C[C@H]1CCCC[C@@H]1NC(=O)NC(=O)CSc1nnc(-c2cccnc2)n1C. The van der Waals surface area contributed by atoms with Gasteiger partial charge < -0.3 is 9.88 Å². The summed E-state index contributed by atoms with van der Waals surface area (Å²) < 4.78 is 1.80. The second-order valence-corrected chi connectivity index (χ2v) is 7.73. The van der Waals surface area contributed by atoms with Crippen LogP contribution in [0.4, 0.5) is 4.79 Å². The Bertz CT molecular complexity index is 794. The van der Waals surface area contributed by atoms with Crippen LogP contribution in [-0.4, -0.2) is 43.5 Å². The van der Waals surface area contributed by atoms with Crippen LogP contribution in [0.5, 0.6) is 0 Å². The van der Waals surface area contributed by atoms with E-state index in [1.165, 1.54) is 18.2 Å². The van der Waals surface area contributed by atoms with Crippen LogP contribution in [0, 0.1) is 5.92 Å². The van der Waals surface area contributed by atoms with Crippen LogP contribution in [0.3, 0.4) is 0 Å². The van der Waals surface area contributed by atoms with Gasteiger partial charge in [-0.1, -0.05) is 31.5 Å². The minimum absolute atomic E-state index is 0.0899. The van der Waals surface area contributed by atoms with Gasteiger partial charge in [0.25, 0.3) is 0 Å². The monoisotopic (exact) mass is 388 g/mol. The molecule has 0 bridgehead atoms. The van der Waals surface area contributed by atoms with Gasteiger partial charge in [-0.2, -0.15) is 0 Å². The fraction of sp³-hybridized carbons (Fsp3) is 0.500. The minimum Gasteiger partial charge on any atom is -0.335 e. The van der Waals surface area contributed by atoms with E-state index in [0.29, 0.717) is 16.9 Å². The number of aromatic nitrogens is 4. The van der Waals surface area contributed by atoms with E-state index in [-0.39, 0.29) is 17.7 Å². The van der Waals surface area contributed by atoms with Gasteiger partial charge in [-0.3, -0.25) is 15.1 Å². The fourth-order valence-corrected chi connectivity index (χ4v) is 3.93. The summed E-state index contributed by atoms with van der Waals surface area (Å²) in [6, 6.07) is 3.44. The molecule has 0 radical (unpaired) electrons. The van der Waals surface area contributed by atoms with E-state index in [1.807, 2.05) is 19.2 Å². The van der Waals surface area contributed by atoms with Gasteiger partial charge in [0.15, 0.2) is 11.0 Å². The Kier molecular flexibility index (Phi) is 6.44. The molecule has 27 heavy (non-hydrogen) atoms. The first-order valence-electron chi connectivity index (χ1n) is 9.07. The van der Waals surface area contributed by atoms with Crippen molar-refractivity contribution in [1.82, 2.24) is 30.4 Å². The third-order valence-electron chi connectivity index (χ3n) is 4.77. The summed E-state index contributed by atoms with van der Waals surface area (Å²) in [5.41, 5.74) is 0.852. The number of carbonyl (C=O) groups is 2. The fourth-order valence-electron chi connectivity index (χ4n) is 3.21. The van der Waals surface area contributed by atoms with Crippen molar-refractivity contribution in [2.45, 2.75) is 43.8 Å². The lowest BCUT2D eigenvalue weighted by Gasteiger charge is -2.29. The van der Waals surface area contributed by atoms with Crippen LogP contribution < -0.4 is 10.6 Å². The first-order chi connectivity index (χ1) is 13.0. The van der Waals surface area contributed by atoms with Gasteiger partial charge >= 0.3 is 6.03 Å². The van der Waals surface area contributed by atoms with Crippen molar-refractivity contribution in [2.24, 2.45) is 13.0 Å². The van der Waals surface area contributed by atoms with E-state index in [0.717, 1.165) is 24.8 Å². The summed E-state index contributed by atoms with van der Waals surface area (Å²) in [5.74, 6) is 0.854. The number of nitrogens with one attached hydrogen (secondary N) is 2. The smallest absolute Gasteiger partial charge is 0.321 e. The molecule has 9 heteroatoms. The maximum Gasteiger partial charge on any atom is 0.321 e. The maximum absolute atomic E-state index is 12.1. The third-order valence-corrected chi connectivity index (χ3v) is 5.79. The minimum atomic E-state index is -0.423. The molecular weight excluding hydrogens is 364 g/mol. The summed E-state index contributed by atoms with van der Waals surface area (Å²) in [6.07, 6.45) is 7.80. The van der Waals surface area contributed by atoms with E-state index in [9.17, 15) is 9.59 Å². The van der Waals surface area contributed by atoms with Crippen LogP contribution in [0.15, 0.2) is 29.7 Å². The van der Waals surface area contributed by atoms with Gasteiger partial charge in [-0.25, -0.2) is 4.79 Å². The van der Waals surface area contributed by atoms with E-state index in [4.69, 9.17) is 0 Å². The van der Waals surface area contributed by atoms with Gasteiger partial charge in [0.2, 0.25) is 5.91 Å². The third kappa shape index (κ3) is 5.06. The van der Waals surface area contributed by atoms with Crippen molar-refractivity contribution in [1.29, 1.82) is 0 Å². The quantitative estimate of drug-likeness (QED) is 0.763. The van der Waals surface area contributed by atoms with Crippen LogP contribution in [0.1, 0.15) is 32.6 Å². The summed E-state index contributed by atoms with van der Waals surface area (Å²) >= 11 is 1.24. The second-order valence-electron chi connectivity index (χ2n) is 6.79. The average molecular weight is 388 g/mol. The predicted molar refractivity (Wildman–Crippen MR) is 103 cm³/mol. The van der Waals surface area contributed by atoms with Crippen molar-refractivity contribution in [3.05, 3.63) is 24.5 Å². The van der Waals surface area contributed by atoms with E-state index < -0.39 is 6.03 Å². The van der Waals surface area contributed by atoms with Crippen molar-refractivity contribution in [3.8, 4) is 11.4 Å². The lowest BCUT2D eigenvalue weighted by Crippen LogP contribution is -2.48. The number of pyridine rings is 1. The predicted octanol–water partition coefficient (Wildman–Crippen LogP) is 2.37. The molecule has 8 nitrogen and oxygen atoms in total. The number of carbonyl (C=O) groups excluding carboxylic acids is 2. The molecule has 1 fully saturated rings. The Hall–Kier alpha value is -2.42. The van der Waals surface area contributed by atoms with Crippen LogP contribution in [0.25, 0.3) is 11.4 Å². The number of imide groups is 1. The van der Waals surface area contributed by atoms with Gasteiger partial charge in [-0.15, -0.1) is 10.2 Å². The van der Waals surface area contributed by atoms with Crippen molar-refractivity contribution in [3.63, 3.8) is 0 Å². The molecule has 0 aromatic carbocycles. The van der Waals surface area contributed by atoms with Crippen molar-refractivity contribution >= 4 is 23.7 Å². The van der Waals surface area contributed by atoms with Gasteiger partial charge in [0, 0.05) is 31.0 Å². The number of amides is 3. The molecular formula is C18H24N6O2S. The first kappa shape index (κ1) is 19.3. The Labute approximate surface area is 162 Å². The molecule has 0 aliphatic heterocycles. The molecule has 0 unspecified atom stereocenters.